The zero-order valence-electron chi connectivity index (χ0n) is 17.1. The quantitative estimate of drug-likeness (QED) is 0.609. The molecule has 3 aromatic rings. The van der Waals surface area contributed by atoms with Gasteiger partial charge in [-0.1, -0.05) is 11.6 Å². The van der Waals surface area contributed by atoms with Gasteiger partial charge in [0.15, 0.2) is 0 Å². The number of carbonyl (C=O) groups excluding carboxylic acids is 1. The van der Waals surface area contributed by atoms with Crippen LogP contribution in [0.15, 0.2) is 36.7 Å². The summed E-state index contributed by atoms with van der Waals surface area (Å²) in [6.45, 7) is 2.82. The molecular formula is C22H20ClF3N4O2. The molecule has 10 heteroatoms. The van der Waals surface area contributed by atoms with Crippen LogP contribution in [0.2, 0.25) is 5.02 Å². The third kappa shape index (κ3) is 3.09. The van der Waals surface area contributed by atoms with E-state index in [-0.39, 0.29) is 17.4 Å². The van der Waals surface area contributed by atoms with Crippen LogP contribution in [0, 0.1) is 5.92 Å². The van der Waals surface area contributed by atoms with Crippen LogP contribution in [-0.2, 0) is 11.7 Å². The Hall–Kier alpha value is -2.65. The smallest absolute Gasteiger partial charge is 0.386 e. The molecule has 32 heavy (non-hydrogen) atoms. The number of amides is 1. The van der Waals surface area contributed by atoms with E-state index < -0.39 is 23.5 Å². The predicted molar refractivity (Wildman–Crippen MR) is 111 cm³/mol. The molecule has 1 fully saturated rings. The van der Waals surface area contributed by atoms with E-state index >= 15 is 0 Å². The molecule has 2 atom stereocenters. The van der Waals surface area contributed by atoms with E-state index in [1.807, 2.05) is 17.7 Å². The van der Waals surface area contributed by atoms with Gasteiger partial charge in [-0.3, -0.25) is 14.5 Å². The number of piperidine rings is 1. The van der Waals surface area contributed by atoms with Crippen LogP contribution in [-0.4, -0.2) is 43.8 Å². The molecule has 0 aliphatic carbocycles. The predicted octanol–water partition coefficient (Wildman–Crippen LogP) is 4.42. The molecule has 2 aromatic heterocycles. The molecule has 1 saturated heterocycles. The molecule has 168 valence electrons. The van der Waals surface area contributed by atoms with Crippen molar-refractivity contribution >= 4 is 28.4 Å². The third-order valence-electron chi connectivity index (χ3n) is 6.87. The Kier molecular flexibility index (Phi) is 4.76. The van der Waals surface area contributed by atoms with Gasteiger partial charge in [-0.25, -0.2) is 0 Å². The van der Waals surface area contributed by atoms with E-state index in [0.29, 0.717) is 31.0 Å². The number of aliphatic hydroxyl groups excluding tert-OH is 1. The van der Waals surface area contributed by atoms with Crippen LogP contribution in [0.3, 0.4) is 0 Å². The maximum absolute atomic E-state index is 12.8. The summed E-state index contributed by atoms with van der Waals surface area (Å²) in [7, 11) is 0. The maximum Gasteiger partial charge on any atom is 0.433 e. The molecule has 2 aliphatic rings. The summed E-state index contributed by atoms with van der Waals surface area (Å²) in [4.78, 5) is 17.8. The summed E-state index contributed by atoms with van der Waals surface area (Å²) < 4.78 is 40.0. The zero-order chi connectivity index (χ0) is 22.8. The van der Waals surface area contributed by atoms with E-state index in [1.165, 1.54) is 0 Å². The molecule has 1 amide bonds. The average Bonchev–Trinajstić information content (AvgIpc) is 3.29. The minimum absolute atomic E-state index is 0.0431. The number of likely N-dealkylation sites (tertiary alicyclic amines) is 1. The number of benzene rings is 1. The van der Waals surface area contributed by atoms with Gasteiger partial charge in [0.2, 0.25) is 0 Å². The Morgan fingerprint density at radius 2 is 1.94 bits per heavy atom. The summed E-state index contributed by atoms with van der Waals surface area (Å²) in [5, 5.41) is 17.1. The second kappa shape index (κ2) is 7.18. The fraction of sp³-hybridized carbons (Fsp3) is 0.409. The molecule has 1 N–H and O–H groups in total. The topological polar surface area (TPSA) is 71.2 Å². The lowest BCUT2D eigenvalue weighted by atomic mass is 9.75. The highest BCUT2D eigenvalue weighted by molar-refractivity contribution is 6.31. The number of aromatic nitrogens is 3. The lowest BCUT2D eigenvalue weighted by molar-refractivity contribution is -0.141. The molecule has 4 heterocycles. The van der Waals surface area contributed by atoms with Crippen molar-refractivity contribution in [1.82, 2.24) is 19.7 Å². The number of pyridine rings is 1. The molecule has 0 radical (unpaired) electrons. The molecule has 5 rings (SSSR count). The summed E-state index contributed by atoms with van der Waals surface area (Å²) in [5.41, 5.74) is 0.0425. The van der Waals surface area contributed by atoms with Gasteiger partial charge in [0.1, 0.15) is 11.8 Å². The number of aliphatic hydroxyl groups is 1. The van der Waals surface area contributed by atoms with Crippen LogP contribution in [0.5, 0.6) is 0 Å². The van der Waals surface area contributed by atoms with Gasteiger partial charge < -0.3 is 10.0 Å². The van der Waals surface area contributed by atoms with E-state index in [2.05, 4.69) is 10.1 Å². The van der Waals surface area contributed by atoms with Crippen molar-refractivity contribution < 1.29 is 23.1 Å². The molecule has 2 aliphatic heterocycles. The fourth-order valence-corrected chi connectivity index (χ4v) is 5.34. The Morgan fingerprint density at radius 1 is 1.22 bits per heavy atom. The molecule has 6 nitrogen and oxygen atoms in total. The van der Waals surface area contributed by atoms with Crippen molar-refractivity contribution in [3.8, 4) is 0 Å². The first-order chi connectivity index (χ1) is 15.1. The monoisotopic (exact) mass is 464 g/mol. The SMILES string of the molecule is CC1(C2CCN(C(=O)c3ccc(C(F)(F)F)nc3)CC2)[C@H](O)c2cc(Cl)cc3cnn1c23. The summed E-state index contributed by atoms with van der Waals surface area (Å²) in [6.07, 6.45) is -1.37. The molecule has 0 spiro atoms. The first-order valence-electron chi connectivity index (χ1n) is 10.3. The Labute approximate surface area is 186 Å². The summed E-state index contributed by atoms with van der Waals surface area (Å²) >= 11 is 6.21. The Morgan fingerprint density at radius 3 is 2.56 bits per heavy atom. The fourth-order valence-electron chi connectivity index (χ4n) is 5.10. The first-order valence-corrected chi connectivity index (χ1v) is 10.7. The lowest BCUT2D eigenvalue weighted by Crippen LogP contribution is -2.48. The largest absolute Gasteiger partial charge is 0.433 e. The third-order valence-corrected chi connectivity index (χ3v) is 7.09. The van der Waals surface area contributed by atoms with Gasteiger partial charge in [0.05, 0.1) is 22.8 Å². The van der Waals surface area contributed by atoms with Crippen LogP contribution in [0.1, 0.15) is 47.5 Å². The van der Waals surface area contributed by atoms with E-state index in [4.69, 9.17) is 11.6 Å². The van der Waals surface area contributed by atoms with E-state index in [9.17, 15) is 23.1 Å². The highest BCUT2D eigenvalue weighted by Crippen LogP contribution is 2.51. The van der Waals surface area contributed by atoms with Crippen LogP contribution >= 0.6 is 11.6 Å². The molecule has 0 bridgehead atoms. The number of hydrogen-bond acceptors (Lipinski definition) is 4. The number of rotatable bonds is 2. The van der Waals surface area contributed by atoms with Crippen LogP contribution < -0.4 is 0 Å². The van der Waals surface area contributed by atoms with Gasteiger partial charge in [-0.2, -0.15) is 18.3 Å². The van der Waals surface area contributed by atoms with E-state index in [1.54, 1.807) is 17.2 Å². The molecule has 1 unspecified atom stereocenters. The zero-order valence-corrected chi connectivity index (χ0v) is 17.9. The molecule has 1 aromatic carbocycles. The second-order valence-electron chi connectivity index (χ2n) is 8.61. The van der Waals surface area contributed by atoms with Crippen LogP contribution in [0.4, 0.5) is 13.2 Å². The standard InChI is InChI=1S/C22H20ClF3N4O2/c1-21(19(31)16-9-15(23)8-13-11-28-30(21)18(13)16)14-4-6-29(7-5-14)20(32)12-2-3-17(27-10-12)22(24,25)26/h2-3,8-11,14,19,31H,4-7H2,1H3/t19-,21?/m1/s1. The minimum atomic E-state index is -4.54. The Bertz CT molecular complexity index is 1200. The second-order valence-corrected chi connectivity index (χ2v) is 9.05. The Balaban J connectivity index is 1.33. The van der Waals surface area contributed by atoms with Crippen molar-refractivity contribution in [3.63, 3.8) is 0 Å². The average molecular weight is 465 g/mol. The number of halogens is 4. The minimum Gasteiger partial charge on any atom is -0.386 e. The number of hydrogen-bond donors (Lipinski definition) is 1. The number of alkyl halides is 3. The normalized spacial score (nSPS) is 23.8. The summed E-state index contributed by atoms with van der Waals surface area (Å²) in [6, 6.07) is 5.57. The van der Waals surface area contributed by atoms with Gasteiger partial charge in [0.25, 0.3) is 5.91 Å². The van der Waals surface area contributed by atoms with E-state index in [0.717, 1.165) is 34.8 Å². The van der Waals surface area contributed by atoms with Crippen molar-refractivity contribution in [2.45, 2.75) is 37.6 Å². The maximum atomic E-state index is 12.8. The van der Waals surface area contributed by atoms with Crippen molar-refractivity contribution in [3.05, 3.63) is 58.5 Å². The molecule has 0 saturated carbocycles. The van der Waals surface area contributed by atoms with Gasteiger partial charge in [-0.15, -0.1) is 0 Å². The summed E-state index contributed by atoms with van der Waals surface area (Å²) in [5.74, 6) is -0.306. The number of nitrogens with zero attached hydrogens (tertiary/aromatic N) is 4. The van der Waals surface area contributed by atoms with Crippen molar-refractivity contribution in [2.24, 2.45) is 5.92 Å². The van der Waals surface area contributed by atoms with Gasteiger partial charge in [-0.05, 0) is 49.9 Å². The van der Waals surface area contributed by atoms with Crippen molar-refractivity contribution in [2.75, 3.05) is 13.1 Å². The highest BCUT2D eigenvalue weighted by atomic mass is 35.5. The van der Waals surface area contributed by atoms with Gasteiger partial charge in [0, 0.05) is 35.3 Å². The molecular weight excluding hydrogens is 445 g/mol. The van der Waals surface area contributed by atoms with Crippen LogP contribution in [0.25, 0.3) is 10.9 Å². The van der Waals surface area contributed by atoms with Gasteiger partial charge >= 0.3 is 6.18 Å². The lowest BCUT2D eigenvalue weighted by Gasteiger charge is -2.42. The number of carbonyl (C=O) groups is 1. The highest BCUT2D eigenvalue weighted by Gasteiger charge is 2.50. The van der Waals surface area contributed by atoms with Crippen molar-refractivity contribution in [1.29, 1.82) is 0 Å². The first kappa shape index (κ1) is 21.2.